The molecular weight excluding hydrogens is 435 g/mol. The van der Waals surface area contributed by atoms with E-state index in [1.165, 1.54) is 6.07 Å². The Hall–Kier alpha value is -3.66. The van der Waals surface area contributed by atoms with Crippen LogP contribution in [0.4, 0.5) is 19.0 Å². The number of benzene rings is 1. The molecule has 4 aromatic rings. The van der Waals surface area contributed by atoms with Crippen LogP contribution >= 0.6 is 0 Å². The van der Waals surface area contributed by atoms with Gasteiger partial charge >= 0.3 is 6.18 Å². The fraction of sp³-hybridized carbons (Fsp3) is 0.261. The maximum atomic E-state index is 13.6. The van der Waals surface area contributed by atoms with Crippen LogP contribution in [0.1, 0.15) is 34.6 Å². The highest BCUT2D eigenvalue weighted by atomic mass is 19.4. The largest absolute Gasteiger partial charge is 0.417 e. The van der Waals surface area contributed by atoms with E-state index in [-0.39, 0.29) is 18.6 Å². The smallest absolute Gasteiger partial charge is 0.382 e. The Morgan fingerprint density at radius 1 is 1.15 bits per heavy atom. The maximum absolute atomic E-state index is 13.6. The van der Waals surface area contributed by atoms with Gasteiger partial charge in [-0.1, -0.05) is 0 Å². The molecule has 1 amide bonds. The SMILES string of the molecule is CC1COCC(c2ccc(C(F)(F)F)cn2)N1C(=O)c1ccc2nc(N)c3cccn3c2c1. The van der Waals surface area contributed by atoms with Gasteiger partial charge in [0.15, 0.2) is 0 Å². The third-order valence-corrected chi connectivity index (χ3v) is 5.87. The van der Waals surface area contributed by atoms with Gasteiger partial charge in [0.1, 0.15) is 5.82 Å². The van der Waals surface area contributed by atoms with Crippen LogP contribution in [-0.2, 0) is 10.9 Å². The summed E-state index contributed by atoms with van der Waals surface area (Å²) in [6.45, 7) is 2.29. The molecule has 33 heavy (non-hydrogen) atoms. The number of nitrogens with two attached hydrogens (primary N) is 1. The number of amides is 1. The Morgan fingerprint density at radius 3 is 2.70 bits per heavy atom. The number of morpholine rings is 1. The number of halogens is 3. The standard InChI is InChI=1S/C23H20F3N5O2/c1-13-11-33-12-20(16-7-5-15(10-28-16)23(24,25)26)31(13)22(32)14-4-6-17-19(9-14)30-8-2-3-18(30)21(27)29-17/h2-10,13,20H,11-12H2,1H3,(H2,27,29). The summed E-state index contributed by atoms with van der Waals surface area (Å²) in [5.74, 6) is 0.123. The number of carbonyl (C=O) groups excluding carboxylic acids is 1. The van der Waals surface area contributed by atoms with E-state index in [1.54, 1.807) is 23.1 Å². The van der Waals surface area contributed by atoms with Crippen molar-refractivity contribution in [3.8, 4) is 0 Å². The zero-order valence-electron chi connectivity index (χ0n) is 17.6. The van der Waals surface area contributed by atoms with Crippen molar-refractivity contribution in [2.75, 3.05) is 18.9 Å². The molecule has 1 aromatic carbocycles. The third kappa shape index (κ3) is 3.66. The Bertz CT molecular complexity index is 1350. The van der Waals surface area contributed by atoms with Crippen LogP contribution in [-0.4, -0.2) is 44.4 Å². The van der Waals surface area contributed by atoms with Gasteiger partial charge in [-0.2, -0.15) is 13.2 Å². The molecule has 2 atom stereocenters. The number of ether oxygens (including phenoxy) is 1. The Labute approximate surface area is 186 Å². The molecule has 1 fully saturated rings. The topological polar surface area (TPSA) is 85.8 Å². The molecule has 1 saturated heterocycles. The summed E-state index contributed by atoms with van der Waals surface area (Å²) in [4.78, 5) is 23.6. The van der Waals surface area contributed by atoms with E-state index in [2.05, 4.69) is 9.97 Å². The van der Waals surface area contributed by atoms with Gasteiger partial charge in [-0.25, -0.2) is 4.98 Å². The summed E-state index contributed by atoms with van der Waals surface area (Å²) in [6, 6.07) is 10.2. The van der Waals surface area contributed by atoms with Crippen LogP contribution in [0.3, 0.4) is 0 Å². The van der Waals surface area contributed by atoms with Crippen molar-refractivity contribution in [3.05, 3.63) is 71.7 Å². The van der Waals surface area contributed by atoms with E-state index in [0.717, 1.165) is 23.3 Å². The fourth-order valence-corrected chi connectivity index (χ4v) is 4.24. The van der Waals surface area contributed by atoms with Crippen molar-refractivity contribution in [1.82, 2.24) is 19.3 Å². The molecule has 0 bridgehead atoms. The van der Waals surface area contributed by atoms with Gasteiger partial charge in [0, 0.05) is 18.0 Å². The average Bonchev–Trinajstić information content (AvgIpc) is 3.29. The van der Waals surface area contributed by atoms with E-state index < -0.39 is 17.8 Å². The predicted molar refractivity (Wildman–Crippen MR) is 116 cm³/mol. The normalized spacial score (nSPS) is 19.3. The second-order valence-electron chi connectivity index (χ2n) is 8.05. The lowest BCUT2D eigenvalue weighted by molar-refractivity contribution is -0.137. The summed E-state index contributed by atoms with van der Waals surface area (Å²) in [6.07, 6.45) is -1.86. The second kappa shape index (κ2) is 7.73. The summed E-state index contributed by atoms with van der Waals surface area (Å²) in [7, 11) is 0. The highest BCUT2D eigenvalue weighted by molar-refractivity contribution is 5.98. The van der Waals surface area contributed by atoms with Crippen molar-refractivity contribution in [2.45, 2.75) is 25.2 Å². The molecule has 7 nitrogen and oxygen atoms in total. The zero-order chi connectivity index (χ0) is 23.3. The van der Waals surface area contributed by atoms with Crippen LogP contribution in [0.5, 0.6) is 0 Å². The van der Waals surface area contributed by atoms with Crippen LogP contribution in [0.2, 0.25) is 0 Å². The van der Waals surface area contributed by atoms with E-state index >= 15 is 0 Å². The monoisotopic (exact) mass is 455 g/mol. The number of pyridine rings is 1. The minimum absolute atomic E-state index is 0.141. The third-order valence-electron chi connectivity index (χ3n) is 5.87. The molecule has 3 aromatic heterocycles. The molecule has 170 valence electrons. The van der Waals surface area contributed by atoms with E-state index in [0.29, 0.717) is 29.2 Å². The lowest BCUT2D eigenvalue weighted by atomic mass is 10.0. The van der Waals surface area contributed by atoms with Crippen LogP contribution in [0.25, 0.3) is 16.6 Å². The quantitative estimate of drug-likeness (QED) is 0.492. The molecule has 2 N–H and O–H groups in total. The maximum Gasteiger partial charge on any atom is 0.417 e. The van der Waals surface area contributed by atoms with Crippen molar-refractivity contribution < 1.29 is 22.7 Å². The number of hydrogen-bond acceptors (Lipinski definition) is 5. The number of nitrogen functional groups attached to an aromatic ring is 1. The van der Waals surface area contributed by atoms with Gasteiger partial charge in [0.2, 0.25) is 0 Å². The Balaban J connectivity index is 1.53. The molecular formula is C23H20F3N5O2. The summed E-state index contributed by atoms with van der Waals surface area (Å²) >= 11 is 0. The van der Waals surface area contributed by atoms with Gasteiger partial charge in [-0.15, -0.1) is 0 Å². The lowest BCUT2D eigenvalue weighted by Gasteiger charge is -2.40. The van der Waals surface area contributed by atoms with Crippen molar-refractivity contribution in [3.63, 3.8) is 0 Å². The second-order valence-corrected chi connectivity index (χ2v) is 8.05. The molecule has 2 unspecified atom stereocenters. The average molecular weight is 455 g/mol. The van der Waals surface area contributed by atoms with Crippen molar-refractivity contribution in [2.24, 2.45) is 0 Å². The molecule has 10 heteroatoms. The summed E-state index contributed by atoms with van der Waals surface area (Å²) < 4.78 is 46.3. The number of rotatable bonds is 2. The molecule has 0 spiro atoms. The van der Waals surface area contributed by atoms with Gasteiger partial charge in [0.05, 0.1) is 53.1 Å². The highest BCUT2D eigenvalue weighted by Gasteiger charge is 2.36. The van der Waals surface area contributed by atoms with E-state index in [1.807, 2.05) is 29.7 Å². The van der Waals surface area contributed by atoms with Gasteiger partial charge < -0.3 is 19.8 Å². The van der Waals surface area contributed by atoms with Crippen molar-refractivity contribution >= 4 is 28.3 Å². The number of hydrogen-bond donors (Lipinski definition) is 1. The van der Waals surface area contributed by atoms with Crippen LogP contribution < -0.4 is 5.73 Å². The highest BCUT2D eigenvalue weighted by Crippen LogP contribution is 2.32. The molecule has 4 heterocycles. The molecule has 1 aliphatic rings. The fourth-order valence-electron chi connectivity index (χ4n) is 4.24. The van der Waals surface area contributed by atoms with Gasteiger partial charge in [0.25, 0.3) is 5.91 Å². The first-order valence-electron chi connectivity index (χ1n) is 10.3. The summed E-state index contributed by atoms with van der Waals surface area (Å²) in [5.41, 5.74) is 8.04. The summed E-state index contributed by atoms with van der Waals surface area (Å²) in [5, 5.41) is 0. The zero-order valence-corrected chi connectivity index (χ0v) is 17.6. The molecule has 0 radical (unpaired) electrons. The first kappa shape index (κ1) is 21.2. The number of nitrogens with zero attached hydrogens (tertiary/aromatic N) is 4. The molecule has 0 saturated carbocycles. The predicted octanol–water partition coefficient (Wildman–Crippen LogP) is 4.09. The number of carbonyl (C=O) groups is 1. The van der Waals surface area contributed by atoms with E-state index in [9.17, 15) is 18.0 Å². The molecule has 5 rings (SSSR count). The molecule has 1 aliphatic heterocycles. The number of aromatic nitrogens is 3. The molecule has 0 aliphatic carbocycles. The minimum atomic E-state index is -4.48. The van der Waals surface area contributed by atoms with E-state index in [4.69, 9.17) is 10.5 Å². The number of fused-ring (bicyclic) bond motifs is 3. The van der Waals surface area contributed by atoms with Crippen molar-refractivity contribution in [1.29, 1.82) is 0 Å². The number of anilines is 1. The minimum Gasteiger partial charge on any atom is -0.382 e. The Kier molecular flexibility index (Phi) is 4.97. The van der Waals surface area contributed by atoms with Gasteiger partial charge in [-0.3, -0.25) is 9.78 Å². The Morgan fingerprint density at radius 2 is 1.97 bits per heavy atom. The number of alkyl halides is 3. The van der Waals surface area contributed by atoms with Gasteiger partial charge in [-0.05, 0) is 49.4 Å². The van der Waals surface area contributed by atoms with Crippen LogP contribution in [0.15, 0.2) is 54.9 Å². The first-order valence-corrected chi connectivity index (χ1v) is 10.3. The van der Waals surface area contributed by atoms with Crippen LogP contribution in [0, 0.1) is 0 Å². The lowest BCUT2D eigenvalue weighted by Crippen LogP contribution is -2.49. The first-order chi connectivity index (χ1) is 15.7.